The molecule has 26 heavy (non-hydrogen) atoms. The molecule has 0 atom stereocenters. The lowest BCUT2D eigenvalue weighted by molar-refractivity contribution is 0.412. The maximum Gasteiger partial charge on any atom is 0.191 e. The van der Waals surface area contributed by atoms with Crippen LogP contribution in [-0.2, 0) is 12.0 Å². The van der Waals surface area contributed by atoms with Crippen molar-refractivity contribution in [2.45, 2.75) is 32.7 Å². The molecule has 0 spiro atoms. The van der Waals surface area contributed by atoms with Gasteiger partial charge in [-0.05, 0) is 36.8 Å². The van der Waals surface area contributed by atoms with Crippen molar-refractivity contribution < 1.29 is 4.74 Å². The van der Waals surface area contributed by atoms with Crippen molar-refractivity contribution in [3.63, 3.8) is 0 Å². The Morgan fingerprint density at radius 1 is 1.15 bits per heavy atom. The molecule has 0 aliphatic heterocycles. The molecule has 2 aromatic rings. The number of aromatic nitrogens is 1. The fraction of sp³-hybridized carbons (Fsp3) is 0.450. The summed E-state index contributed by atoms with van der Waals surface area (Å²) in [5.74, 6) is 1.73. The summed E-state index contributed by atoms with van der Waals surface area (Å²) < 4.78 is 7.49. The van der Waals surface area contributed by atoms with E-state index in [-0.39, 0.29) is 29.4 Å². The van der Waals surface area contributed by atoms with Gasteiger partial charge in [0.25, 0.3) is 0 Å². The Labute approximate surface area is 174 Å². The molecule has 0 saturated carbocycles. The molecule has 0 unspecified atom stereocenters. The van der Waals surface area contributed by atoms with E-state index in [0.29, 0.717) is 6.54 Å². The smallest absolute Gasteiger partial charge is 0.191 e. The van der Waals surface area contributed by atoms with Crippen molar-refractivity contribution in [1.82, 2.24) is 15.2 Å². The van der Waals surface area contributed by atoms with Crippen LogP contribution in [0.2, 0.25) is 0 Å². The van der Waals surface area contributed by atoms with Gasteiger partial charge >= 0.3 is 0 Å². The van der Waals surface area contributed by atoms with Crippen LogP contribution in [0.25, 0.3) is 0 Å². The average Bonchev–Trinajstić information content (AvgIpc) is 3.13. The summed E-state index contributed by atoms with van der Waals surface area (Å²) in [7, 11) is 1.70. The SMILES string of the molecule is CCNC(=NCC(C)(C)c1cccc(OC)c1)NCCn1cccc1.I. The molecule has 0 radical (unpaired) electrons. The van der Waals surface area contributed by atoms with Crippen molar-refractivity contribution in [2.24, 2.45) is 4.99 Å². The predicted molar refractivity (Wildman–Crippen MR) is 120 cm³/mol. The van der Waals surface area contributed by atoms with Crippen LogP contribution in [-0.4, -0.2) is 37.3 Å². The second-order valence-corrected chi connectivity index (χ2v) is 6.66. The number of halogens is 1. The zero-order chi connectivity index (χ0) is 18.1. The van der Waals surface area contributed by atoms with E-state index in [2.05, 4.69) is 60.5 Å². The third-order valence-electron chi connectivity index (χ3n) is 4.16. The van der Waals surface area contributed by atoms with Gasteiger partial charge in [-0.25, -0.2) is 0 Å². The maximum atomic E-state index is 5.34. The molecule has 0 aliphatic rings. The summed E-state index contributed by atoms with van der Waals surface area (Å²) in [6.07, 6.45) is 4.13. The molecule has 0 amide bonds. The van der Waals surface area contributed by atoms with E-state index in [9.17, 15) is 0 Å². The Hall–Kier alpha value is -1.70. The number of nitrogens with one attached hydrogen (secondary N) is 2. The van der Waals surface area contributed by atoms with E-state index in [1.807, 2.05) is 24.3 Å². The first kappa shape index (κ1) is 22.3. The lowest BCUT2D eigenvalue weighted by Crippen LogP contribution is -2.39. The van der Waals surface area contributed by atoms with Crippen LogP contribution < -0.4 is 15.4 Å². The van der Waals surface area contributed by atoms with Crippen molar-refractivity contribution in [1.29, 1.82) is 0 Å². The zero-order valence-corrected chi connectivity index (χ0v) is 18.5. The number of hydrogen-bond donors (Lipinski definition) is 2. The van der Waals surface area contributed by atoms with E-state index in [1.54, 1.807) is 7.11 Å². The molecule has 2 N–H and O–H groups in total. The summed E-state index contributed by atoms with van der Waals surface area (Å²) >= 11 is 0. The molecule has 2 rings (SSSR count). The molecule has 0 fully saturated rings. The Morgan fingerprint density at radius 3 is 2.54 bits per heavy atom. The highest BCUT2D eigenvalue weighted by Crippen LogP contribution is 2.26. The topological polar surface area (TPSA) is 50.6 Å². The lowest BCUT2D eigenvalue weighted by Gasteiger charge is -2.24. The summed E-state index contributed by atoms with van der Waals surface area (Å²) in [6, 6.07) is 12.3. The van der Waals surface area contributed by atoms with Crippen molar-refractivity contribution >= 4 is 29.9 Å². The molecule has 5 nitrogen and oxygen atoms in total. The van der Waals surface area contributed by atoms with Crippen LogP contribution in [0.3, 0.4) is 0 Å². The summed E-state index contributed by atoms with van der Waals surface area (Å²) in [6.45, 7) is 9.77. The summed E-state index contributed by atoms with van der Waals surface area (Å²) in [4.78, 5) is 4.78. The first-order chi connectivity index (χ1) is 12.0. The quantitative estimate of drug-likeness (QED) is 0.352. The van der Waals surface area contributed by atoms with Gasteiger partial charge in [0.05, 0.1) is 13.7 Å². The molecule has 144 valence electrons. The van der Waals surface area contributed by atoms with Gasteiger partial charge < -0.3 is 19.9 Å². The highest BCUT2D eigenvalue weighted by molar-refractivity contribution is 14.0. The molecular formula is C20H31IN4O. The van der Waals surface area contributed by atoms with Gasteiger partial charge in [0.1, 0.15) is 5.75 Å². The second-order valence-electron chi connectivity index (χ2n) is 6.66. The van der Waals surface area contributed by atoms with Gasteiger partial charge in [-0.3, -0.25) is 4.99 Å². The second kappa shape index (κ2) is 11.1. The van der Waals surface area contributed by atoms with E-state index >= 15 is 0 Å². The minimum atomic E-state index is -0.0721. The standard InChI is InChI=1S/C20H30N4O.HI/c1-5-21-19(22-11-14-24-12-6-7-13-24)23-16-20(2,3)17-9-8-10-18(15-17)25-4;/h6-10,12-13,15H,5,11,14,16H2,1-4H3,(H2,21,22,23);1H. The highest BCUT2D eigenvalue weighted by atomic mass is 127. The number of nitrogens with zero attached hydrogens (tertiary/aromatic N) is 2. The van der Waals surface area contributed by atoms with Crippen LogP contribution in [0.15, 0.2) is 53.8 Å². The third-order valence-corrected chi connectivity index (χ3v) is 4.16. The fourth-order valence-electron chi connectivity index (χ4n) is 2.58. The number of benzene rings is 1. The van der Waals surface area contributed by atoms with Gasteiger partial charge in [-0.1, -0.05) is 26.0 Å². The van der Waals surface area contributed by atoms with E-state index in [0.717, 1.165) is 31.3 Å². The van der Waals surface area contributed by atoms with E-state index in [4.69, 9.17) is 9.73 Å². The van der Waals surface area contributed by atoms with Crippen LogP contribution >= 0.6 is 24.0 Å². The van der Waals surface area contributed by atoms with Crippen LogP contribution in [0, 0.1) is 0 Å². The van der Waals surface area contributed by atoms with E-state index < -0.39 is 0 Å². The van der Waals surface area contributed by atoms with Gasteiger partial charge in [-0.2, -0.15) is 0 Å². The minimum Gasteiger partial charge on any atom is -0.497 e. The highest BCUT2D eigenvalue weighted by Gasteiger charge is 2.21. The molecular weight excluding hydrogens is 439 g/mol. The fourth-order valence-corrected chi connectivity index (χ4v) is 2.58. The molecule has 0 aliphatic carbocycles. The van der Waals surface area contributed by atoms with E-state index in [1.165, 1.54) is 5.56 Å². The number of rotatable bonds is 8. The number of hydrogen-bond acceptors (Lipinski definition) is 2. The monoisotopic (exact) mass is 470 g/mol. The summed E-state index contributed by atoms with van der Waals surface area (Å²) in [5, 5.41) is 6.71. The molecule has 1 heterocycles. The Kier molecular flexibility index (Phi) is 9.54. The molecule has 1 aromatic heterocycles. The number of aliphatic imine (C=N–C) groups is 1. The van der Waals surface area contributed by atoms with Crippen LogP contribution in [0.5, 0.6) is 5.75 Å². The van der Waals surface area contributed by atoms with Crippen LogP contribution in [0.1, 0.15) is 26.3 Å². The van der Waals surface area contributed by atoms with Crippen molar-refractivity contribution in [3.05, 3.63) is 54.4 Å². The minimum absolute atomic E-state index is 0. The Morgan fingerprint density at radius 2 is 1.88 bits per heavy atom. The number of guanidine groups is 1. The summed E-state index contributed by atoms with van der Waals surface area (Å²) in [5.41, 5.74) is 1.15. The lowest BCUT2D eigenvalue weighted by atomic mass is 9.85. The first-order valence-electron chi connectivity index (χ1n) is 8.82. The van der Waals surface area contributed by atoms with Gasteiger partial charge in [0.15, 0.2) is 5.96 Å². The normalized spacial score (nSPS) is 11.6. The Balaban J connectivity index is 0.00000338. The predicted octanol–water partition coefficient (Wildman–Crippen LogP) is 3.65. The number of methoxy groups -OCH3 is 1. The van der Waals surface area contributed by atoms with Gasteiger partial charge in [0, 0.05) is 37.4 Å². The Bertz CT molecular complexity index is 668. The van der Waals surface area contributed by atoms with Crippen molar-refractivity contribution in [3.8, 4) is 5.75 Å². The largest absolute Gasteiger partial charge is 0.497 e. The maximum absolute atomic E-state index is 5.34. The zero-order valence-electron chi connectivity index (χ0n) is 16.2. The average molecular weight is 470 g/mol. The van der Waals surface area contributed by atoms with Crippen molar-refractivity contribution in [2.75, 3.05) is 26.7 Å². The van der Waals surface area contributed by atoms with Crippen LogP contribution in [0.4, 0.5) is 0 Å². The molecule has 0 saturated heterocycles. The first-order valence-corrected chi connectivity index (χ1v) is 8.82. The molecule has 1 aromatic carbocycles. The molecule has 6 heteroatoms. The van der Waals surface area contributed by atoms with Gasteiger partial charge in [0.2, 0.25) is 0 Å². The number of ether oxygens (including phenoxy) is 1. The molecule has 0 bridgehead atoms. The van der Waals surface area contributed by atoms with Gasteiger partial charge in [-0.15, -0.1) is 24.0 Å². The third kappa shape index (κ3) is 6.90.